The first-order valence-electron chi connectivity index (χ1n) is 5.57. The average Bonchev–Trinajstić information content (AvgIpc) is 2.78. The Hall–Kier alpha value is -0.380. The number of hydrogen-bond acceptors (Lipinski definition) is 3. The van der Waals surface area contributed by atoms with Crippen LogP contribution in [0.5, 0.6) is 0 Å². The molecule has 0 spiro atoms. The fourth-order valence-electron chi connectivity index (χ4n) is 2.00. The maximum absolute atomic E-state index is 5.73. The molecule has 1 aliphatic rings. The number of aryl methyl sites for hydroxylation is 1. The summed E-state index contributed by atoms with van der Waals surface area (Å²) in [5, 5.41) is 5.65. The van der Waals surface area contributed by atoms with Gasteiger partial charge in [-0.1, -0.05) is 0 Å². The third-order valence-corrected chi connectivity index (χ3v) is 4.08. The van der Waals surface area contributed by atoms with Crippen molar-refractivity contribution in [1.82, 2.24) is 5.32 Å². The van der Waals surface area contributed by atoms with Gasteiger partial charge < -0.3 is 10.1 Å². The molecule has 2 nitrogen and oxygen atoms in total. The standard InChI is InChI=1S/C12H19NOS/c1-10-4-7-15-11(10)8-13-9-12(2)5-3-6-14-12/h4,7,13H,3,5-6,8-9H2,1-2H3. The van der Waals surface area contributed by atoms with E-state index < -0.39 is 0 Å². The second-order valence-corrected chi connectivity index (χ2v) is 5.53. The van der Waals surface area contributed by atoms with Gasteiger partial charge in [-0.25, -0.2) is 0 Å². The lowest BCUT2D eigenvalue weighted by Crippen LogP contribution is -2.36. The van der Waals surface area contributed by atoms with Gasteiger partial charge in [-0.15, -0.1) is 11.3 Å². The number of ether oxygens (including phenoxy) is 1. The SMILES string of the molecule is Cc1ccsc1CNCC1(C)CCCO1. The van der Waals surface area contributed by atoms with Crippen molar-refractivity contribution in [2.24, 2.45) is 0 Å². The lowest BCUT2D eigenvalue weighted by atomic mass is 10.0. The van der Waals surface area contributed by atoms with Crippen molar-refractivity contribution in [1.29, 1.82) is 0 Å². The highest BCUT2D eigenvalue weighted by atomic mass is 32.1. The van der Waals surface area contributed by atoms with Crippen LogP contribution in [0.25, 0.3) is 0 Å². The van der Waals surface area contributed by atoms with Gasteiger partial charge in [-0.05, 0) is 43.7 Å². The van der Waals surface area contributed by atoms with E-state index in [1.54, 1.807) is 0 Å². The Bertz CT molecular complexity index is 315. The van der Waals surface area contributed by atoms with Crippen molar-refractivity contribution in [3.05, 3.63) is 21.9 Å². The first-order valence-corrected chi connectivity index (χ1v) is 6.45. The van der Waals surface area contributed by atoms with Gasteiger partial charge >= 0.3 is 0 Å². The minimum Gasteiger partial charge on any atom is -0.374 e. The summed E-state index contributed by atoms with van der Waals surface area (Å²) in [6.45, 7) is 7.23. The lowest BCUT2D eigenvalue weighted by Gasteiger charge is -2.23. The van der Waals surface area contributed by atoms with Crippen LogP contribution in [-0.2, 0) is 11.3 Å². The highest BCUT2D eigenvalue weighted by molar-refractivity contribution is 7.10. The third-order valence-electron chi connectivity index (χ3n) is 3.05. The first kappa shape index (κ1) is 11.1. The van der Waals surface area contributed by atoms with Crippen LogP contribution < -0.4 is 5.32 Å². The van der Waals surface area contributed by atoms with Gasteiger partial charge in [-0.3, -0.25) is 0 Å². The number of thiophene rings is 1. The Labute approximate surface area is 95.6 Å². The van der Waals surface area contributed by atoms with Gasteiger partial charge in [0.25, 0.3) is 0 Å². The van der Waals surface area contributed by atoms with Gasteiger partial charge in [0.1, 0.15) is 0 Å². The van der Waals surface area contributed by atoms with Crippen LogP contribution in [0, 0.1) is 6.92 Å². The molecule has 84 valence electrons. The summed E-state index contributed by atoms with van der Waals surface area (Å²) in [4.78, 5) is 1.44. The predicted molar refractivity (Wildman–Crippen MR) is 64.4 cm³/mol. The Morgan fingerprint density at radius 2 is 2.47 bits per heavy atom. The molecule has 1 atom stereocenters. The van der Waals surface area contributed by atoms with Crippen molar-refractivity contribution in [3.8, 4) is 0 Å². The molecule has 1 fully saturated rings. The summed E-state index contributed by atoms with van der Waals surface area (Å²) in [6, 6.07) is 2.18. The van der Waals surface area contributed by atoms with Gasteiger partial charge in [0, 0.05) is 24.6 Å². The molecule has 1 aliphatic heterocycles. The minimum atomic E-state index is 0.0746. The van der Waals surface area contributed by atoms with Crippen LogP contribution in [0.15, 0.2) is 11.4 Å². The maximum Gasteiger partial charge on any atom is 0.0779 e. The van der Waals surface area contributed by atoms with Crippen molar-refractivity contribution in [2.75, 3.05) is 13.2 Å². The predicted octanol–water partition coefficient (Wildman–Crippen LogP) is 2.72. The maximum atomic E-state index is 5.73. The van der Waals surface area contributed by atoms with Crippen LogP contribution in [0.1, 0.15) is 30.2 Å². The van der Waals surface area contributed by atoms with E-state index in [9.17, 15) is 0 Å². The fourth-order valence-corrected chi connectivity index (χ4v) is 2.88. The highest BCUT2D eigenvalue weighted by Crippen LogP contribution is 2.24. The summed E-state index contributed by atoms with van der Waals surface area (Å²) in [7, 11) is 0. The van der Waals surface area contributed by atoms with Crippen molar-refractivity contribution >= 4 is 11.3 Å². The molecule has 0 saturated carbocycles. The Balaban J connectivity index is 1.77. The Kier molecular flexibility index (Phi) is 3.44. The molecular formula is C12H19NOS. The molecule has 0 bridgehead atoms. The van der Waals surface area contributed by atoms with Gasteiger partial charge in [0.15, 0.2) is 0 Å². The molecule has 2 heterocycles. The van der Waals surface area contributed by atoms with E-state index in [-0.39, 0.29) is 5.60 Å². The lowest BCUT2D eigenvalue weighted by molar-refractivity contribution is 0.0207. The fraction of sp³-hybridized carbons (Fsp3) is 0.667. The minimum absolute atomic E-state index is 0.0746. The first-order chi connectivity index (χ1) is 7.20. The number of nitrogens with one attached hydrogen (secondary N) is 1. The van der Waals surface area contributed by atoms with Crippen molar-refractivity contribution in [2.45, 2.75) is 38.8 Å². The van der Waals surface area contributed by atoms with E-state index >= 15 is 0 Å². The van der Waals surface area contributed by atoms with E-state index in [4.69, 9.17) is 4.74 Å². The van der Waals surface area contributed by atoms with Gasteiger partial charge in [0.2, 0.25) is 0 Å². The molecule has 1 aromatic heterocycles. The zero-order valence-corrected chi connectivity index (χ0v) is 10.3. The molecular weight excluding hydrogens is 206 g/mol. The van der Waals surface area contributed by atoms with E-state index in [2.05, 4.69) is 30.6 Å². The van der Waals surface area contributed by atoms with Crippen LogP contribution in [-0.4, -0.2) is 18.8 Å². The monoisotopic (exact) mass is 225 g/mol. The Morgan fingerprint density at radius 3 is 3.07 bits per heavy atom. The zero-order valence-electron chi connectivity index (χ0n) is 9.51. The molecule has 0 aliphatic carbocycles. The molecule has 1 saturated heterocycles. The second kappa shape index (κ2) is 4.64. The van der Waals surface area contributed by atoms with Crippen molar-refractivity contribution < 1.29 is 4.74 Å². The van der Waals surface area contributed by atoms with E-state index in [0.717, 1.165) is 19.7 Å². The summed E-state index contributed by atoms with van der Waals surface area (Å²) in [6.07, 6.45) is 2.39. The smallest absolute Gasteiger partial charge is 0.0779 e. The average molecular weight is 225 g/mol. The summed E-state index contributed by atoms with van der Waals surface area (Å²) < 4.78 is 5.73. The van der Waals surface area contributed by atoms with Crippen LogP contribution >= 0.6 is 11.3 Å². The molecule has 15 heavy (non-hydrogen) atoms. The molecule has 0 aromatic carbocycles. The molecule has 0 amide bonds. The van der Waals surface area contributed by atoms with E-state index in [0.29, 0.717) is 0 Å². The number of rotatable bonds is 4. The summed E-state index contributed by atoms with van der Waals surface area (Å²) >= 11 is 1.83. The molecule has 1 N–H and O–H groups in total. The van der Waals surface area contributed by atoms with Crippen LogP contribution in [0.2, 0.25) is 0 Å². The van der Waals surface area contributed by atoms with Gasteiger partial charge in [0.05, 0.1) is 5.60 Å². The largest absolute Gasteiger partial charge is 0.374 e. The van der Waals surface area contributed by atoms with E-state index in [1.807, 2.05) is 11.3 Å². The third kappa shape index (κ3) is 2.80. The second-order valence-electron chi connectivity index (χ2n) is 4.53. The molecule has 2 rings (SSSR count). The van der Waals surface area contributed by atoms with Gasteiger partial charge in [-0.2, -0.15) is 0 Å². The van der Waals surface area contributed by atoms with Crippen LogP contribution in [0.3, 0.4) is 0 Å². The quantitative estimate of drug-likeness (QED) is 0.850. The highest BCUT2D eigenvalue weighted by Gasteiger charge is 2.28. The number of hydrogen-bond donors (Lipinski definition) is 1. The molecule has 1 unspecified atom stereocenters. The normalized spacial score (nSPS) is 26.0. The molecule has 1 aromatic rings. The summed E-state index contributed by atoms with van der Waals surface area (Å²) in [5.74, 6) is 0. The van der Waals surface area contributed by atoms with Crippen LogP contribution in [0.4, 0.5) is 0 Å². The molecule has 0 radical (unpaired) electrons. The summed E-state index contributed by atoms with van der Waals surface area (Å²) in [5.41, 5.74) is 1.47. The topological polar surface area (TPSA) is 21.3 Å². The van der Waals surface area contributed by atoms with E-state index in [1.165, 1.54) is 23.3 Å². The molecule has 3 heteroatoms. The van der Waals surface area contributed by atoms with Crippen molar-refractivity contribution in [3.63, 3.8) is 0 Å². The zero-order chi connectivity index (χ0) is 10.7. The Morgan fingerprint density at radius 1 is 1.60 bits per heavy atom.